The summed E-state index contributed by atoms with van der Waals surface area (Å²) in [6, 6.07) is 0. The van der Waals surface area contributed by atoms with Gasteiger partial charge in [-0.3, -0.25) is 9.59 Å². The van der Waals surface area contributed by atoms with Gasteiger partial charge < -0.3 is 33.3 Å². The maximum Gasteiger partial charge on any atom is 0.511 e. The largest absolute Gasteiger partial charge is 0.511 e. The van der Waals surface area contributed by atoms with Crippen LogP contribution >= 0.6 is 0 Å². The van der Waals surface area contributed by atoms with Crippen molar-refractivity contribution in [2.45, 2.75) is 232 Å². The second-order valence-electron chi connectivity index (χ2n) is 16.6. The minimum Gasteiger partial charge on any atom is -0.466 e. The molecule has 1 heterocycles. The highest BCUT2D eigenvalue weighted by molar-refractivity contribution is 5.70. The van der Waals surface area contributed by atoms with Gasteiger partial charge in [0.15, 0.2) is 6.29 Å². The van der Waals surface area contributed by atoms with Gasteiger partial charge in [-0.15, -0.1) is 0 Å². The Labute approximate surface area is 367 Å². The number of carbonyl (C=O) groups is 3. The fraction of sp³-hybridized carbons (Fsp3) is 0.860. The molecular formula is C50H91NO9. The quantitative estimate of drug-likeness (QED) is 0.0193. The molecule has 0 N–H and O–H groups in total. The zero-order chi connectivity index (χ0) is 43.4. The fourth-order valence-corrected chi connectivity index (χ4v) is 7.17. The van der Waals surface area contributed by atoms with E-state index in [9.17, 15) is 14.4 Å². The van der Waals surface area contributed by atoms with Crippen LogP contribution < -0.4 is 0 Å². The molecule has 0 aromatic carbocycles. The van der Waals surface area contributed by atoms with Crippen molar-refractivity contribution in [1.29, 1.82) is 0 Å². The second kappa shape index (κ2) is 43.2. The van der Waals surface area contributed by atoms with Gasteiger partial charge in [-0.25, -0.2) is 4.79 Å². The number of ether oxygens (including phenoxy) is 6. The van der Waals surface area contributed by atoms with Crippen molar-refractivity contribution in [2.24, 2.45) is 0 Å². The van der Waals surface area contributed by atoms with E-state index in [1.165, 1.54) is 96.3 Å². The van der Waals surface area contributed by atoms with Crippen molar-refractivity contribution in [3.8, 4) is 0 Å². The van der Waals surface area contributed by atoms with E-state index in [4.69, 9.17) is 28.4 Å². The maximum absolute atomic E-state index is 13.1. The third kappa shape index (κ3) is 37.3. The van der Waals surface area contributed by atoms with Crippen molar-refractivity contribution in [3.05, 3.63) is 24.3 Å². The van der Waals surface area contributed by atoms with Gasteiger partial charge in [0.25, 0.3) is 6.29 Å². The lowest BCUT2D eigenvalue weighted by molar-refractivity contribution is -0.179. The van der Waals surface area contributed by atoms with Crippen molar-refractivity contribution < 1.29 is 42.8 Å². The molecule has 0 aliphatic carbocycles. The van der Waals surface area contributed by atoms with E-state index >= 15 is 0 Å². The molecule has 10 nitrogen and oxygen atoms in total. The monoisotopic (exact) mass is 850 g/mol. The number of rotatable bonds is 43. The van der Waals surface area contributed by atoms with Crippen LogP contribution in [-0.2, 0) is 38.0 Å². The second-order valence-corrected chi connectivity index (χ2v) is 16.6. The Balaban J connectivity index is 2.47. The SMILES string of the molecule is CCCCC/C=C\C/C=C\CCCCCCCC(=O)OCCCC(OC(=O)CCC(OCCCCCCCC)OCCCCCCCC)OC(=O)OCCCN1CCCC1. The van der Waals surface area contributed by atoms with Crippen molar-refractivity contribution in [3.63, 3.8) is 0 Å². The van der Waals surface area contributed by atoms with Gasteiger partial charge in [-0.1, -0.05) is 141 Å². The summed E-state index contributed by atoms with van der Waals surface area (Å²) in [5.41, 5.74) is 0. The van der Waals surface area contributed by atoms with Gasteiger partial charge in [-0.05, 0) is 90.1 Å². The summed E-state index contributed by atoms with van der Waals surface area (Å²) in [4.78, 5) is 40.5. The number of unbranched alkanes of at least 4 members (excludes halogenated alkanes) is 18. The predicted molar refractivity (Wildman–Crippen MR) is 244 cm³/mol. The molecule has 0 saturated carbocycles. The van der Waals surface area contributed by atoms with Gasteiger partial charge in [0.05, 0.1) is 19.6 Å². The Hall–Kier alpha value is -2.43. The lowest BCUT2D eigenvalue weighted by Crippen LogP contribution is -2.27. The summed E-state index contributed by atoms with van der Waals surface area (Å²) in [6.45, 7) is 11.3. The molecule has 0 bridgehead atoms. The highest BCUT2D eigenvalue weighted by atomic mass is 16.8. The minimum atomic E-state index is -1.14. The summed E-state index contributed by atoms with van der Waals surface area (Å²) in [5, 5.41) is 0. The first-order valence-electron chi connectivity index (χ1n) is 24.9. The average molecular weight is 850 g/mol. The molecule has 1 aliphatic heterocycles. The molecule has 1 rings (SSSR count). The van der Waals surface area contributed by atoms with Gasteiger partial charge in [0.1, 0.15) is 0 Å². The Kier molecular flexibility index (Phi) is 40.0. The van der Waals surface area contributed by atoms with Crippen LogP contribution in [0.15, 0.2) is 24.3 Å². The summed E-state index contributed by atoms with van der Waals surface area (Å²) in [7, 11) is 0. The highest BCUT2D eigenvalue weighted by Crippen LogP contribution is 2.15. The van der Waals surface area contributed by atoms with Crippen LogP contribution in [0, 0.1) is 0 Å². The number of nitrogens with zero attached hydrogens (tertiary/aromatic N) is 1. The van der Waals surface area contributed by atoms with Crippen LogP contribution in [0.25, 0.3) is 0 Å². The van der Waals surface area contributed by atoms with Crippen LogP contribution in [0.5, 0.6) is 0 Å². The van der Waals surface area contributed by atoms with Gasteiger partial charge in [0, 0.05) is 39.0 Å². The molecular weight excluding hydrogens is 759 g/mol. The zero-order valence-corrected chi connectivity index (χ0v) is 39.0. The van der Waals surface area contributed by atoms with Crippen molar-refractivity contribution in [1.82, 2.24) is 4.90 Å². The number of carbonyl (C=O) groups excluding carboxylic acids is 3. The van der Waals surface area contributed by atoms with Crippen LogP contribution in [-0.4, -0.2) is 81.6 Å². The smallest absolute Gasteiger partial charge is 0.466 e. The number of hydrogen-bond donors (Lipinski definition) is 0. The normalized spacial score (nSPS) is 13.8. The van der Waals surface area contributed by atoms with E-state index in [1.807, 2.05) is 0 Å². The number of allylic oxidation sites excluding steroid dienone is 4. The topological polar surface area (TPSA) is 110 Å². The van der Waals surface area contributed by atoms with Crippen LogP contribution in [0.1, 0.15) is 220 Å². The van der Waals surface area contributed by atoms with E-state index in [2.05, 4.69) is 50.0 Å². The van der Waals surface area contributed by atoms with Crippen LogP contribution in [0.3, 0.4) is 0 Å². The molecule has 350 valence electrons. The molecule has 0 aromatic rings. The van der Waals surface area contributed by atoms with Crippen molar-refractivity contribution in [2.75, 3.05) is 46.1 Å². The van der Waals surface area contributed by atoms with E-state index in [0.29, 0.717) is 38.9 Å². The maximum atomic E-state index is 13.1. The van der Waals surface area contributed by atoms with Crippen LogP contribution in [0.4, 0.5) is 4.79 Å². The first kappa shape index (κ1) is 55.6. The van der Waals surface area contributed by atoms with Crippen LogP contribution in [0.2, 0.25) is 0 Å². The fourth-order valence-electron chi connectivity index (χ4n) is 7.17. The Morgan fingerprint density at radius 1 is 0.483 bits per heavy atom. The minimum absolute atomic E-state index is 0.0605. The summed E-state index contributed by atoms with van der Waals surface area (Å²) < 4.78 is 34.1. The molecule has 0 aromatic heterocycles. The first-order valence-corrected chi connectivity index (χ1v) is 24.9. The summed E-state index contributed by atoms with van der Waals surface area (Å²) in [5.74, 6) is -0.739. The third-order valence-corrected chi connectivity index (χ3v) is 10.9. The summed E-state index contributed by atoms with van der Waals surface area (Å²) >= 11 is 0. The molecule has 0 amide bonds. The number of hydrogen-bond acceptors (Lipinski definition) is 10. The molecule has 1 saturated heterocycles. The Morgan fingerprint density at radius 3 is 1.65 bits per heavy atom. The Morgan fingerprint density at radius 2 is 1.02 bits per heavy atom. The van der Waals surface area contributed by atoms with E-state index in [1.54, 1.807) is 0 Å². The predicted octanol–water partition coefficient (Wildman–Crippen LogP) is 13.5. The third-order valence-electron chi connectivity index (χ3n) is 10.9. The number of esters is 2. The first-order chi connectivity index (χ1) is 29.5. The standard InChI is InChI=1S/C50H91NO9/c1-4-7-10-13-16-17-18-19-20-21-22-23-24-25-28-35-46(52)55-44-33-36-49(60-50(54)58-45-34-41-51-39-29-30-40-51)59-47(53)37-38-48(56-42-31-26-14-11-8-5-2)57-43-32-27-15-12-9-6-3/h16-17,19-20,48-49H,4-15,18,21-45H2,1-3H3/b17-16-,20-19-. The number of likely N-dealkylation sites (tertiary alicyclic amines) is 1. The molecule has 60 heavy (non-hydrogen) atoms. The van der Waals surface area contributed by atoms with Crippen molar-refractivity contribution >= 4 is 18.1 Å². The van der Waals surface area contributed by atoms with Gasteiger partial charge in [0.2, 0.25) is 0 Å². The lowest BCUT2D eigenvalue weighted by atomic mass is 10.1. The van der Waals surface area contributed by atoms with E-state index in [-0.39, 0.29) is 32.0 Å². The molecule has 1 atom stereocenters. The molecule has 10 heteroatoms. The van der Waals surface area contributed by atoms with Gasteiger partial charge >= 0.3 is 18.1 Å². The molecule has 1 aliphatic rings. The van der Waals surface area contributed by atoms with E-state index < -0.39 is 24.7 Å². The highest BCUT2D eigenvalue weighted by Gasteiger charge is 2.22. The Bertz CT molecular complexity index is 1030. The molecule has 0 radical (unpaired) electrons. The van der Waals surface area contributed by atoms with E-state index in [0.717, 1.165) is 83.8 Å². The summed E-state index contributed by atoms with van der Waals surface area (Å²) in [6.07, 6.45) is 37.5. The van der Waals surface area contributed by atoms with Gasteiger partial charge in [-0.2, -0.15) is 0 Å². The average Bonchev–Trinajstić information content (AvgIpc) is 3.77. The molecule has 1 unspecified atom stereocenters. The molecule has 0 spiro atoms. The zero-order valence-electron chi connectivity index (χ0n) is 39.0. The molecule has 1 fully saturated rings. The lowest BCUT2D eigenvalue weighted by Gasteiger charge is -2.21.